The van der Waals surface area contributed by atoms with Gasteiger partial charge in [0.25, 0.3) is 0 Å². The lowest BCUT2D eigenvalue weighted by molar-refractivity contribution is -0.127. The highest BCUT2D eigenvalue weighted by molar-refractivity contribution is 7.99. The van der Waals surface area contributed by atoms with Gasteiger partial charge in [0.2, 0.25) is 5.91 Å². The largest absolute Gasteiger partial charge is 0.343 e. The Hall–Kier alpha value is -2.67. The Balaban J connectivity index is 1.95. The Bertz CT molecular complexity index is 892. The van der Waals surface area contributed by atoms with Crippen molar-refractivity contribution < 1.29 is 9.18 Å². The van der Waals surface area contributed by atoms with Gasteiger partial charge in [-0.15, -0.1) is 10.2 Å². The molecule has 27 heavy (non-hydrogen) atoms. The van der Waals surface area contributed by atoms with Crippen LogP contribution < -0.4 is 0 Å². The van der Waals surface area contributed by atoms with Crippen LogP contribution >= 0.6 is 11.8 Å². The molecule has 0 unspecified atom stereocenters. The summed E-state index contributed by atoms with van der Waals surface area (Å²) in [5, 5.41) is 9.21. The fraction of sp³-hybridized carbons (Fsp3) is 0.250. The van der Waals surface area contributed by atoms with E-state index in [-0.39, 0.29) is 17.5 Å². The summed E-state index contributed by atoms with van der Waals surface area (Å²) in [7, 11) is 0. The van der Waals surface area contributed by atoms with Crippen molar-refractivity contribution in [3.8, 4) is 17.1 Å². The Labute approximate surface area is 162 Å². The molecule has 1 heterocycles. The number of thioether (sulfide) groups is 1. The predicted octanol–water partition coefficient (Wildman–Crippen LogP) is 4.03. The molecule has 0 saturated carbocycles. The molecule has 5 nitrogen and oxygen atoms in total. The number of carbonyl (C=O) groups excluding carboxylic acids is 1. The average molecular weight is 384 g/mol. The van der Waals surface area contributed by atoms with Crippen LogP contribution in [0.15, 0.2) is 59.8 Å². The summed E-state index contributed by atoms with van der Waals surface area (Å²) in [5.41, 5.74) is 1.65. The molecule has 1 amide bonds. The summed E-state index contributed by atoms with van der Waals surface area (Å²) in [4.78, 5) is 14.1. The number of carbonyl (C=O) groups is 1. The van der Waals surface area contributed by atoms with Gasteiger partial charge >= 0.3 is 0 Å². The smallest absolute Gasteiger partial charge is 0.233 e. The molecule has 0 saturated heterocycles. The molecule has 0 atom stereocenters. The minimum Gasteiger partial charge on any atom is -0.343 e. The zero-order valence-electron chi connectivity index (χ0n) is 15.3. The monoisotopic (exact) mass is 384 g/mol. The summed E-state index contributed by atoms with van der Waals surface area (Å²) < 4.78 is 15.2. The number of nitrogens with zero attached hydrogens (tertiary/aromatic N) is 4. The van der Waals surface area contributed by atoms with E-state index in [4.69, 9.17) is 0 Å². The lowest BCUT2D eigenvalue weighted by Crippen LogP contribution is -2.31. The molecule has 3 aromatic rings. The quantitative estimate of drug-likeness (QED) is 0.577. The fourth-order valence-electron chi connectivity index (χ4n) is 2.75. The van der Waals surface area contributed by atoms with Crippen LogP contribution in [0.25, 0.3) is 17.1 Å². The van der Waals surface area contributed by atoms with Crippen LogP contribution in [-0.2, 0) is 4.79 Å². The summed E-state index contributed by atoms with van der Waals surface area (Å²) in [6.45, 7) is 5.27. The molecular weight excluding hydrogens is 363 g/mol. The SMILES string of the molecule is CCN(CC)C(=O)CSc1nnc(-c2ccccc2)n1-c1ccc(F)cc1. The van der Waals surface area contributed by atoms with Gasteiger partial charge < -0.3 is 4.90 Å². The third-order valence-electron chi connectivity index (χ3n) is 4.19. The minimum atomic E-state index is -0.306. The van der Waals surface area contributed by atoms with E-state index in [9.17, 15) is 9.18 Å². The number of aromatic nitrogens is 3. The van der Waals surface area contributed by atoms with Crippen molar-refractivity contribution in [1.82, 2.24) is 19.7 Å². The molecule has 0 fully saturated rings. The molecular formula is C20H21FN4OS. The van der Waals surface area contributed by atoms with E-state index in [1.807, 2.05) is 48.7 Å². The van der Waals surface area contributed by atoms with Crippen LogP contribution in [0.1, 0.15) is 13.8 Å². The van der Waals surface area contributed by atoms with Crippen LogP contribution in [0, 0.1) is 5.82 Å². The van der Waals surface area contributed by atoms with Crippen molar-refractivity contribution >= 4 is 17.7 Å². The van der Waals surface area contributed by atoms with Crippen LogP contribution in [-0.4, -0.2) is 44.4 Å². The van der Waals surface area contributed by atoms with E-state index in [0.29, 0.717) is 24.1 Å². The Morgan fingerprint density at radius 2 is 1.70 bits per heavy atom. The lowest BCUT2D eigenvalue weighted by Gasteiger charge is -2.18. The van der Waals surface area contributed by atoms with Crippen molar-refractivity contribution in [3.63, 3.8) is 0 Å². The summed E-state index contributed by atoms with van der Waals surface area (Å²) >= 11 is 1.33. The second-order valence-corrected chi connectivity index (χ2v) is 6.78. The molecule has 0 N–H and O–H groups in total. The highest BCUT2D eigenvalue weighted by Gasteiger charge is 2.18. The van der Waals surface area contributed by atoms with Crippen molar-refractivity contribution in [2.24, 2.45) is 0 Å². The Morgan fingerprint density at radius 1 is 1.04 bits per heavy atom. The summed E-state index contributed by atoms with van der Waals surface area (Å²) in [5.74, 6) is 0.675. The zero-order valence-corrected chi connectivity index (χ0v) is 16.1. The van der Waals surface area contributed by atoms with Crippen LogP contribution in [0.5, 0.6) is 0 Å². The van der Waals surface area contributed by atoms with Gasteiger partial charge in [0.1, 0.15) is 5.82 Å². The minimum absolute atomic E-state index is 0.0555. The van der Waals surface area contributed by atoms with Gasteiger partial charge in [0.05, 0.1) is 5.75 Å². The van der Waals surface area contributed by atoms with Gasteiger partial charge in [-0.05, 0) is 38.1 Å². The normalized spacial score (nSPS) is 10.8. The van der Waals surface area contributed by atoms with Crippen molar-refractivity contribution in [2.75, 3.05) is 18.8 Å². The van der Waals surface area contributed by atoms with Gasteiger partial charge in [-0.3, -0.25) is 9.36 Å². The predicted molar refractivity (Wildman–Crippen MR) is 105 cm³/mol. The maximum atomic E-state index is 13.4. The number of hydrogen-bond donors (Lipinski definition) is 0. The van der Waals surface area contributed by atoms with Crippen LogP contribution in [0.2, 0.25) is 0 Å². The molecule has 7 heteroatoms. The van der Waals surface area contributed by atoms with Gasteiger partial charge in [0.15, 0.2) is 11.0 Å². The van der Waals surface area contributed by atoms with E-state index in [0.717, 1.165) is 11.3 Å². The maximum Gasteiger partial charge on any atom is 0.233 e. The Kier molecular flexibility index (Phi) is 6.24. The van der Waals surface area contributed by atoms with E-state index >= 15 is 0 Å². The molecule has 1 aromatic heterocycles. The Morgan fingerprint density at radius 3 is 2.33 bits per heavy atom. The molecule has 3 rings (SSSR count). The maximum absolute atomic E-state index is 13.4. The first-order valence-electron chi connectivity index (χ1n) is 8.81. The molecule has 2 aromatic carbocycles. The number of benzene rings is 2. The summed E-state index contributed by atoms with van der Waals surface area (Å²) in [6, 6.07) is 15.8. The highest BCUT2D eigenvalue weighted by Crippen LogP contribution is 2.28. The molecule has 0 aliphatic carbocycles. The molecule has 0 bridgehead atoms. The zero-order chi connectivity index (χ0) is 19.2. The van der Waals surface area contributed by atoms with Crippen LogP contribution in [0.3, 0.4) is 0 Å². The van der Waals surface area contributed by atoms with Crippen molar-refractivity contribution in [2.45, 2.75) is 19.0 Å². The molecule has 0 radical (unpaired) electrons. The first-order valence-corrected chi connectivity index (χ1v) is 9.80. The van der Waals surface area contributed by atoms with E-state index in [2.05, 4.69) is 10.2 Å². The first kappa shape index (κ1) is 19.1. The van der Waals surface area contributed by atoms with Gasteiger partial charge in [-0.1, -0.05) is 42.1 Å². The topological polar surface area (TPSA) is 51.0 Å². The fourth-order valence-corrected chi connectivity index (χ4v) is 3.61. The second-order valence-electron chi connectivity index (χ2n) is 5.84. The van der Waals surface area contributed by atoms with Gasteiger partial charge in [-0.2, -0.15) is 0 Å². The number of hydrogen-bond acceptors (Lipinski definition) is 4. The third kappa shape index (κ3) is 4.36. The molecule has 140 valence electrons. The summed E-state index contributed by atoms with van der Waals surface area (Å²) in [6.07, 6.45) is 0. The van der Waals surface area contributed by atoms with E-state index in [1.165, 1.54) is 23.9 Å². The number of halogens is 1. The van der Waals surface area contributed by atoms with Gasteiger partial charge in [0, 0.05) is 24.3 Å². The second kappa shape index (κ2) is 8.81. The van der Waals surface area contributed by atoms with Gasteiger partial charge in [-0.25, -0.2) is 4.39 Å². The standard InChI is InChI=1S/C20H21FN4OS/c1-3-24(4-2)18(26)14-27-20-23-22-19(15-8-6-5-7-9-15)25(20)17-12-10-16(21)11-13-17/h5-13H,3-4,14H2,1-2H3. The molecule has 0 aliphatic rings. The average Bonchev–Trinajstić information content (AvgIpc) is 3.12. The highest BCUT2D eigenvalue weighted by atomic mass is 32.2. The van der Waals surface area contributed by atoms with E-state index < -0.39 is 0 Å². The number of amides is 1. The first-order chi connectivity index (χ1) is 13.1. The third-order valence-corrected chi connectivity index (χ3v) is 5.10. The number of rotatable bonds is 7. The molecule has 0 spiro atoms. The van der Waals surface area contributed by atoms with Crippen molar-refractivity contribution in [3.05, 3.63) is 60.4 Å². The van der Waals surface area contributed by atoms with Crippen molar-refractivity contribution in [1.29, 1.82) is 0 Å². The van der Waals surface area contributed by atoms with E-state index in [1.54, 1.807) is 17.0 Å². The van der Waals surface area contributed by atoms with Crippen LogP contribution in [0.4, 0.5) is 4.39 Å². The lowest BCUT2D eigenvalue weighted by atomic mass is 10.2. The molecule has 0 aliphatic heterocycles.